The van der Waals surface area contributed by atoms with Gasteiger partial charge in [0.05, 0.1) is 26.5 Å². The molecule has 2 aromatic rings. The van der Waals surface area contributed by atoms with Crippen LogP contribution in [0.25, 0.3) is 0 Å². The Morgan fingerprint density at radius 2 is 1.93 bits per heavy atom. The first-order chi connectivity index (χ1) is 14.6. The van der Waals surface area contributed by atoms with Crippen LogP contribution in [-0.2, 0) is 11.3 Å². The number of amides is 1. The topological polar surface area (TPSA) is 42.0 Å². The predicted molar refractivity (Wildman–Crippen MR) is 122 cm³/mol. The summed E-state index contributed by atoms with van der Waals surface area (Å²) in [4.78, 5) is 18.9. The summed E-state index contributed by atoms with van der Waals surface area (Å²) >= 11 is 1.87. The van der Waals surface area contributed by atoms with E-state index in [0.29, 0.717) is 24.4 Å². The average molecular weight is 427 g/mol. The quantitative estimate of drug-likeness (QED) is 0.648. The fourth-order valence-electron chi connectivity index (χ4n) is 3.98. The van der Waals surface area contributed by atoms with Crippen LogP contribution in [0.4, 0.5) is 5.69 Å². The van der Waals surface area contributed by atoms with Gasteiger partial charge in [-0.3, -0.25) is 9.69 Å². The van der Waals surface area contributed by atoms with E-state index in [0.717, 1.165) is 48.6 Å². The maximum Gasteiger partial charge on any atom is 0.241 e. The van der Waals surface area contributed by atoms with Gasteiger partial charge in [-0.15, -0.1) is 11.8 Å². The van der Waals surface area contributed by atoms with E-state index in [-0.39, 0.29) is 5.91 Å². The molecule has 1 aliphatic heterocycles. The molecule has 160 valence electrons. The highest BCUT2D eigenvalue weighted by molar-refractivity contribution is 8.00. The van der Waals surface area contributed by atoms with E-state index in [9.17, 15) is 4.79 Å². The molecule has 0 radical (unpaired) electrons. The molecule has 6 heteroatoms. The zero-order valence-corrected chi connectivity index (χ0v) is 18.8. The molecule has 0 bridgehead atoms. The van der Waals surface area contributed by atoms with Crippen molar-refractivity contribution in [2.45, 2.75) is 48.9 Å². The van der Waals surface area contributed by atoms with Crippen molar-refractivity contribution in [2.75, 3.05) is 32.2 Å². The van der Waals surface area contributed by atoms with Gasteiger partial charge in [-0.25, -0.2) is 0 Å². The van der Waals surface area contributed by atoms with Crippen LogP contribution in [-0.4, -0.2) is 49.4 Å². The maximum absolute atomic E-state index is 13.4. The Hall–Kier alpha value is -2.18. The summed E-state index contributed by atoms with van der Waals surface area (Å²) in [5, 5.41) is 0.504. The number of para-hydroxylation sites is 1. The number of hydrogen-bond acceptors (Lipinski definition) is 5. The number of fused-ring (bicyclic) bond motifs is 1. The lowest BCUT2D eigenvalue weighted by Crippen LogP contribution is -2.41. The van der Waals surface area contributed by atoms with Crippen LogP contribution in [0.15, 0.2) is 47.4 Å². The third kappa shape index (κ3) is 4.76. The summed E-state index contributed by atoms with van der Waals surface area (Å²) in [7, 11) is 3.36. The van der Waals surface area contributed by atoms with Crippen molar-refractivity contribution in [3.05, 3.63) is 48.0 Å². The van der Waals surface area contributed by atoms with Crippen LogP contribution in [0, 0.1) is 0 Å². The Bertz CT molecular complexity index is 900. The second-order valence-electron chi connectivity index (χ2n) is 8.04. The molecule has 5 nitrogen and oxygen atoms in total. The highest BCUT2D eigenvalue weighted by atomic mass is 32.2. The summed E-state index contributed by atoms with van der Waals surface area (Å²) in [6, 6.07) is 14.6. The fraction of sp³-hybridized carbons (Fsp3) is 0.458. The first-order valence-corrected chi connectivity index (χ1v) is 11.5. The molecule has 1 fully saturated rings. The third-order valence-electron chi connectivity index (χ3n) is 5.81. The van der Waals surface area contributed by atoms with Crippen LogP contribution in [0.1, 0.15) is 31.7 Å². The first kappa shape index (κ1) is 21.1. The highest BCUT2D eigenvalue weighted by Gasteiger charge is 2.33. The van der Waals surface area contributed by atoms with Crippen molar-refractivity contribution in [1.82, 2.24) is 4.90 Å². The van der Waals surface area contributed by atoms with Crippen molar-refractivity contribution in [1.29, 1.82) is 0 Å². The van der Waals surface area contributed by atoms with E-state index in [2.05, 4.69) is 30.0 Å². The van der Waals surface area contributed by atoms with Crippen LogP contribution in [0.5, 0.6) is 11.5 Å². The lowest BCUT2D eigenvalue weighted by Gasteiger charge is -2.28. The minimum absolute atomic E-state index is 0.172. The first-order valence-electron chi connectivity index (χ1n) is 10.6. The molecule has 0 aromatic heterocycles. The Morgan fingerprint density at radius 1 is 1.13 bits per heavy atom. The van der Waals surface area contributed by atoms with Gasteiger partial charge in [-0.1, -0.05) is 19.1 Å². The van der Waals surface area contributed by atoms with E-state index in [4.69, 9.17) is 9.47 Å². The number of hydrogen-bond donors (Lipinski definition) is 0. The Balaban J connectivity index is 1.54. The summed E-state index contributed by atoms with van der Waals surface area (Å²) in [5.74, 6) is 1.81. The number of anilines is 1. The van der Waals surface area contributed by atoms with Crippen molar-refractivity contribution in [3.63, 3.8) is 0 Å². The molecule has 0 spiro atoms. The van der Waals surface area contributed by atoms with E-state index in [1.54, 1.807) is 14.2 Å². The molecule has 30 heavy (non-hydrogen) atoms. The molecule has 4 rings (SSSR count). The van der Waals surface area contributed by atoms with Gasteiger partial charge in [0, 0.05) is 34.8 Å². The maximum atomic E-state index is 13.4. The van der Waals surface area contributed by atoms with Crippen LogP contribution in [0.2, 0.25) is 0 Å². The number of thioether (sulfide) groups is 1. The molecule has 0 saturated heterocycles. The number of nitrogens with zero attached hydrogens (tertiary/aromatic N) is 2. The zero-order chi connectivity index (χ0) is 21.1. The lowest BCUT2D eigenvalue weighted by atomic mass is 10.1. The molecule has 2 aliphatic rings. The normalized spacial score (nSPS) is 18.7. The lowest BCUT2D eigenvalue weighted by molar-refractivity contribution is -0.120. The van der Waals surface area contributed by atoms with E-state index in [1.165, 1.54) is 4.90 Å². The Labute approximate surface area is 183 Å². The Kier molecular flexibility index (Phi) is 6.54. The Morgan fingerprint density at radius 3 is 2.67 bits per heavy atom. The summed E-state index contributed by atoms with van der Waals surface area (Å²) < 4.78 is 11.0. The van der Waals surface area contributed by atoms with Gasteiger partial charge in [-0.05, 0) is 49.6 Å². The van der Waals surface area contributed by atoms with Gasteiger partial charge in [0.15, 0.2) is 0 Å². The largest absolute Gasteiger partial charge is 0.497 e. The van der Waals surface area contributed by atoms with E-state index >= 15 is 0 Å². The number of carbonyl (C=O) groups excluding carboxylic acids is 1. The third-order valence-corrected chi connectivity index (χ3v) is 7.04. The van der Waals surface area contributed by atoms with Gasteiger partial charge in [0.2, 0.25) is 5.91 Å². The number of benzene rings is 2. The van der Waals surface area contributed by atoms with Gasteiger partial charge in [0.1, 0.15) is 11.5 Å². The molecule has 0 N–H and O–H groups in total. The number of ether oxygens (including phenoxy) is 2. The molecular formula is C24H30N2O3S. The van der Waals surface area contributed by atoms with Crippen LogP contribution >= 0.6 is 11.8 Å². The number of methoxy groups -OCH3 is 2. The molecule has 1 heterocycles. The molecule has 1 aliphatic carbocycles. The molecule has 1 saturated carbocycles. The van der Waals surface area contributed by atoms with Gasteiger partial charge in [0.25, 0.3) is 0 Å². The molecule has 1 atom stereocenters. The minimum Gasteiger partial charge on any atom is -0.497 e. The van der Waals surface area contributed by atoms with Gasteiger partial charge in [-0.2, -0.15) is 0 Å². The predicted octanol–water partition coefficient (Wildman–Crippen LogP) is 4.59. The highest BCUT2D eigenvalue weighted by Crippen LogP contribution is 2.38. The molecule has 2 aromatic carbocycles. The average Bonchev–Trinajstić information content (AvgIpc) is 3.60. The SMILES string of the molecule is COc1ccc(OC)c(CN(CC(=O)N2CCC(C)Sc3ccccc32)C2CC2)c1. The summed E-state index contributed by atoms with van der Waals surface area (Å²) in [5.41, 5.74) is 2.10. The van der Waals surface area contributed by atoms with Crippen molar-refractivity contribution in [3.8, 4) is 11.5 Å². The van der Waals surface area contributed by atoms with E-state index in [1.807, 2.05) is 40.9 Å². The van der Waals surface area contributed by atoms with Crippen molar-refractivity contribution in [2.24, 2.45) is 0 Å². The fourth-order valence-corrected chi connectivity index (χ4v) is 5.10. The summed E-state index contributed by atoms with van der Waals surface area (Å²) in [6.45, 7) is 4.10. The molecule has 1 unspecified atom stereocenters. The van der Waals surface area contributed by atoms with Crippen molar-refractivity contribution < 1.29 is 14.3 Å². The van der Waals surface area contributed by atoms with Gasteiger partial charge >= 0.3 is 0 Å². The van der Waals surface area contributed by atoms with Crippen LogP contribution in [0.3, 0.4) is 0 Å². The number of carbonyl (C=O) groups is 1. The monoisotopic (exact) mass is 426 g/mol. The summed E-state index contributed by atoms with van der Waals surface area (Å²) in [6.07, 6.45) is 3.28. The van der Waals surface area contributed by atoms with Crippen molar-refractivity contribution >= 4 is 23.4 Å². The standard InChI is InChI=1S/C24H30N2O3S/c1-17-12-13-26(21-6-4-5-7-23(21)30-17)24(27)16-25(19-8-9-19)15-18-14-20(28-2)10-11-22(18)29-3/h4-7,10-11,14,17,19H,8-9,12-13,15-16H2,1-3H3. The zero-order valence-electron chi connectivity index (χ0n) is 18.0. The van der Waals surface area contributed by atoms with Crippen LogP contribution < -0.4 is 14.4 Å². The smallest absolute Gasteiger partial charge is 0.241 e. The molecular weight excluding hydrogens is 396 g/mol. The van der Waals surface area contributed by atoms with E-state index < -0.39 is 0 Å². The second kappa shape index (κ2) is 9.31. The van der Waals surface area contributed by atoms with Gasteiger partial charge < -0.3 is 14.4 Å². The minimum atomic E-state index is 0.172. The molecule has 1 amide bonds. The second-order valence-corrected chi connectivity index (χ2v) is 9.52. The number of rotatable bonds is 7.